The quantitative estimate of drug-likeness (QED) is 0.343. The molecule has 0 saturated carbocycles. The molecule has 0 saturated heterocycles. The summed E-state index contributed by atoms with van der Waals surface area (Å²) in [6.45, 7) is 0.858. The molecule has 0 spiro atoms. The van der Waals surface area contributed by atoms with Gasteiger partial charge in [-0.3, -0.25) is 19.3 Å². The number of nitrogens with one attached hydrogen (secondary N) is 1. The van der Waals surface area contributed by atoms with E-state index < -0.39 is 0 Å². The number of rotatable bonds is 7. The van der Waals surface area contributed by atoms with E-state index in [1.54, 1.807) is 12.1 Å². The molecule has 160 valence electrons. The van der Waals surface area contributed by atoms with E-state index in [1.165, 1.54) is 4.90 Å². The molecule has 1 heterocycles. The minimum atomic E-state index is -0.330. The summed E-state index contributed by atoms with van der Waals surface area (Å²) in [6, 6.07) is 13.0. The Bertz CT molecular complexity index is 1210. The summed E-state index contributed by atoms with van der Waals surface area (Å²) in [5, 5.41) is 5.92. The van der Waals surface area contributed by atoms with Crippen molar-refractivity contribution < 1.29 is 14.4 Å². The summed E-state index contributed by atoms with van der Waals surface area (Å²) >= 11 is 5.72. The van der Waals surface area contributed by atoms with E-state index in [1.807, 2.05) is 49.3 Å². The van der Waals surface area contributed by atoms with Crippen LogP contribution in [-0.4, -0.2) is 60.6 Å². The second-order valence-corrected chi connectivity index (χ2v) is 8.34. The van der Waals surface area contributed by atoms with E-state index in [2.05, 4.69) is 5.32 Å². The first-order valence-electron chi connectivity index (χ1n) is 10.3. The molecule has 6 nitrogen and oxygen atoms in total. The van der Waals surface area contributed by atoms with Gasteiger partial charge in [-0.2, -0.15) is 0 Å². The zero-order valence-corrected chi connectivity index (χ0v) is 18.3. The minimum absolute atomic E-state index is 0.155. The van der Waals surface area contributed by atoms with Crippen LogP contribution in [0.2, 0.25) is 0 Å². The smallest absolute Gasteiger partial charge is 0.262 e. The molecule has 4 rings (SSSR count). The molecular weight excluding hydrogens is 414 g/mol. The van der Waals surface area contributed by atoms with Gasteiger partial charge in [0.25, 0.3) is 11.8 Å². The monoisotopic (exact) mass is 437 g/mol. The van der Waals surface area contributed by atoms with Crippen LogP contribution in [0.4, 0.5) is 5.69 Å². The SMILES string of the molecule is CN(C)CCN1C(=O)c2cccc3cc4cccc(NC(=O)CCCCl)c4c(c23)C1=O. The standard InChI is InChI=1S/C24H24ClN3O3/c1-27(2)12-13-28-23(30)17-8-3-6-15-14-16-7-4-9-18(26-19(29)10-5-11-25)21(16)22(20(15)17)24(28)31/h3-4,6-9,14H,5,10-13H2,1-2H3,(H,26,29). The largest absolute Gasteiger partial charge is 0.325 e. The fourth-order valence-electron chi connectivity index (χ4n) is 4.04. The zero-order chi connectivity index (χ0) is 22.1. The number of nitrogens with zero attached hydrogens (tertiary/aromatic N) is 2. The molecule has 0 aliphatic carbocycles. The van der Waals surface area contributed by atoms with E-state index in [0.717, 1.165) is 10.8 Å². The van der Waals surface area contributed by atoms with Crippen LogP contribution < -0.4 is 5.32 Å². The minimum Gasteiger partial charge on any atom is -0.325 e. The number of anilines is 1. The van der Waals surface area contributed by atoms with Gasteiger partial charge in [-0.05, 0) is 49.5 Å². The van der Waals surface area contributed by atoms with E-state index in [0.29, 0.717) is 59.4 Å². The Hall–Kier alpha value is -2.96. The van der Waals surface area contributed by atoms with Crippen molar-refractivity contribution in [2.45, 2.75) is 12.8 Å². The van der Waals surface area contributed by atoms with Gasteiger partial charge in [0, 0.05) is 47.4 Å². The van der Waals surface area contributed by atoms with Gasteiger partial charge in [-0.25, -0.2) is 0 Å². The molecule has 0 unspecified atom stereocenters. The number of hydrogen-bond donors (Lipinski definition) is 1. The van der Waals surface area contributed by atoms with E-state index in [-0.39, 0.29) is 17.7 Å². The molecule has 0 fully saturated rings. The van der Waals surface area contributed by atoms with Crippen LogP contribution in [-0.2, 0) is 4.79 Å². The molecule has 0 radical (unpaired) electrons. The third-order valence-corrected chi connectivity index (χ3v) is 5.79. The van der Waals surface area contributed by atoms with Crippen LogP contribution in [0.5, 0.6) is 0 Å². The Balaban J connectivity index is 1.93. The molecule has 1 aliphatic rings. The van der Waals surface area contributed by atoms with Gasteiger partial charge < -0.3 is 10.2 Å². The molecule has 1 N–H and O–H groups in total. The third kappa shape index (κ3) is 3.89. The lowest BCUT2D eigenvalue weighted by Gasteiger charge is -2.29. The van der Waals surface area contributed by atoms with Gasteiger partial charge in [-0.1, -0.05) is 24.3 Å². The molecule has 3 amide bonds. The molecule has 31 heavy (non-hydrogen) atoms. The summed E-state index contributed by atoms with van der Waals surface area (Å²) < 4.78 is 0. The van der Waals surface area contributed by atoms with Crippen LogP contribution in [0.3, 0.4) is 0 Å². The van der Waals surface area contributed by atoms with Gasteiger partial charge in [0.05, 0.1) is 5.56 Å². The lowest BCUT2D eigenvalue weighted by molar-refractivity contribution is -0.116. The lowest BCUT2D eigenvalue weighted by atomic mass is 9.89. The molecule has 7 heteroatoms. The number of amides is 3. The van der Waals surface area contributed by atoms with Gasteiger partial charge in [-0.15, -0.1) is 11.6 Å². The maximum atomic E-state index is 13.6. The van der Waals surface area contributed by atoms with Gasteiger partial charge in [0.1, 0.15) is 0 Å². The Morgan fingerprint density at radius 3 is 2.45 bits per heavy atom. The number of likely N-dealkylation sites (N-methyl/N-ethyl adjacent to an activating group) is 1. The number of carbonyl (C=O) groups excluding carboxylic acids is 3. The Labute approximate surface area is 185 Å². The fraction of sp³-hybridized carbons (Fsp3) is 0.292. The highest BCUT2D eigenvalue weighted by atomic mass is 35.5. The molecule has 0 aromatic heterocycles. The summed E-state index contributed by atoms with van der Waals surface area (Å²) in [5.41, 5.74) is 1.55. The predicted octanol–water partition coefficient (Wildman–Crippen LogP) is 4.11. The highest BCUT2D eigenvalue weighted by Gasteiger charge is 2.34. The van der Waals surface area contributed by atoms with Crippen molar-refractivity contribution >= 4 is 56.6 Å². The molecule has 1 aliphatic heterocycles. The molecular formula is C24H24ClN3O3. The van der Waals surface area contributed by atoms with Crippen molar-refractivity contribution in [3.8, 4) is 0 Å². The van der Waals surface area contributed by atoms with Crippen molar-refractivity contribution in [3.63, 3.8) is 0 Å². The topological polar surface area (TPSA) is 69.7 Å². The van der Waals surface area contributed by atoms with Gasteiger partial charge in [0.15, 0.2) is 0 Å². The second-order valence-electron chi connectivity index (χ2n) is 7.96. The van der Waals surface area contributed by atoms with Crippen molar-refractivity contribution in [1.82, 2.24) is 9.80 Å². The maximum Gasteiger partial charge on any atom is 0.262 e. The van der Waals surface area contributed by atoms with Crippen molar-refractivity contribution in [1.29, 1.82) is 0 Å². The van der Waals surface area contributed by atoms with E-state index in [9.17, 15) is 14.4 Å². The highest BCUT2D eigenvalue weighted by Crippen LogP contribution is 2.38. The average Bonchev–Trinajstić information content (AvgIpc) is 2.74. The number of carbonyl (C=O) groups is 3. The zero-order valence-electron chi connectivity index (χ0n) is 17.6. The Kier molecular flexibility index (Phi) is 5.94. The third-order valence-electron chi connectivity index (χ3n) is 5.52. The predicted molar refractivity (Wildman–Crippen MR) is 124 cm³/mol. The summed E-state index contributed by atoms with van der Waals surface area (Å²) in [4.78, 5) is 42.4. The van der Waals surface area contributed by atoms with Gasteiger partial charge >= 0.3 is 0 Å². The Morgan fingerprint density at radius 1 is 1.03 bits per heavy atom. The van der Waals surface area contributed by atoms with Crippen LogP contribution in [0, 0.1) is 0 Å². The molecule has 3 aromatic rings. The van der Waals surface area contributed by atoms with Crippen molar-refractivity contribution in [2.24, 2.45) is 0 Å². The van der Waals surface area contributed by atoms with Crippen LogP contribution in [0.15, 0.2) is 42.5 Å². The normalized spacial score (nSPS) is 13.5. The first kappa shape index (κ1) is 21.3. The molecule has 3 aromatic carbocycles. The lowest BCUT2D eigenvalue weighted by Crippen LogP contribution is -2.43. The summed E-state index contributed by atoms with van der Waals surface area (Å²) in [5.74, 6) is -0.363. The number of imide groups is 1. The summed E-state index contributed by atoms with van der Waals surface area (Å²) in [6.07, 6.45) is 0.874. The van der Waals surface area contributed by atoms with E-state index in [4.69, 9.17) is 11.6 Å². The van der Waals surface area contributed by atoms with Gasteiger partial charge in [0.2, 0.25) is 5.91 Å². The first-order chi connectivity index (χ1) is 14.9. The molecule has 0 bridgehead atoms. The first-order valence-corrected chi connectivity index (χ1v) is 10.8. The van der Waals surface area contributed by atoms with Crippen molar-refractivity contribution in [3.05, 3.63) is 53.6 Å². The van der Waals surface area contributed by atoms with Crippen LogP contribution >= 0.6 is 11.6 Å². The van der Waals surface area contributed by atoms with Crippen LogP contribution in [0.1, 0.15) is 33.6 Å². The number of alkyl halides is 1. The number of halogens is 1. The summed E-state index contributed by atoms with van der Waals surface area (Å²) in [7, 11) is 3.80. The fourth-order valence-corrected chi connectivity index (χ4v) is 4.18. The number of benzene rings is 3. The highest BCUT2D eigenvalue weighted by molar-refractivity contribution is 6.32. The van der Waals surface area contributed by atoms with Crippen molar-refractivity contribution in [2.75, 3.05) is 38.4 Å². The average molecular weight is 438 g/mol. The molecule has 0 atom stereocenters. The second kappa shape index (κ2) is 8.65. The number of hydrogen-bond acceptors (Lipinski definition) is 4. The Morgan fingerprint density at radius 2 is 1.74 bits per heavy atom. The number of fused-ring (bicyclic) bond motifs is 2. The van der Waals surface area contributed by atoms with Crippen LogP contribution in [0.25, 0.3) is 21.5 Å². The maximum absolute atomic E-state index is 13.6. The van der Waals surface area contributed by atoms with E-state index >= 15 is 0 Å².